The van der Waals surface area contributed by atoms with Crippen LogP contribution in [0.5, 0.6) is 0 Å². The molecule has 8 heteroatoms. The zero-order chi connectivity index (χ0) is 17.1. The molecule has 0 spiro atoms. The molecular weight excluding hydrogens is 328 g/mol. The predicted octanol–water partition coefficient (Wildman–Crippen LogP) is 0.962. The molecular formula is C16H20N4O3S. The van der Waals surface area contributed by atoms with E-state index in [0.29, 0.717) is 13.1 Å². The van der Waals surface area contributed by atoms with E-state index in [2.05, 4.69) is 22.3 Å². The average molecular weight is 348 g/mol. The molecule has 3 rings (SSSR count). The predicted molar refractivity (Wildman–Crippen MR) is 91.4 cm³/mol. The number of aromatic nitrogens is 3. The van der Waals surface area contributed by atoms with Crippen molar-refractivity contribution in [2.24, 2.45) is 0 Å². The lowest BCUT2D eigenvalue weighted by atomic mass is 9.98. The van der Waals surface area contributed by atoms with Crippen LogP contribution < -0.4 is 11.2 Å². The Balaban J connectivity index is 1.68. The van der Waals surface area contributed by atoms with Crippen molar-refractivity contribution < 1.29 is 4.79 Å². The van der Waals surface area contributed by atoms with Crippen molar-refractivity contribution in [3.63, 3.8) is 0 Å². The topological polar surface area (TPSA) is 88.1 Å². The number of rotatable bonds is 4. The summed E-state index contributed by atoms with van der Waals surface area (Å²) in [6, 6.07) is 1.25. The second kappa shape index (κ2) is 7.12. The lowest BCUT2D eigenvalue weighted by molar-refractivity contribution is -0.133. The van der Waals surface area contributed by atoms with E-state index >= 15 is 0 Å². The number of thiazole rings is 1. The van der Waals surface area contributed by atoms with Crippen molar-refractivity contribution in [3.8, 4) is 0 Å². The minimum Gasteiger partial charge on any atom is -0.340 e. The quantitative estimate of drug-likeness (QED) is 0.891. The van der Waals surface area contributed by atoms with Crippen LogP contribution in [0.25, 0.3) is 0 Å². The van der Waals surface area contributed by atoms with E-state index in [0.717, 1.165) is 30.0 Å². The van der Waals surface area contributed by atoms with Crippen LogP contribution in [0.3, 0.4) is 0 Å². The number of hydrogen-bond acceptors (Lipinski definition) is 5. The van der Waals surface area contributed by atoms with Crippen LogP contribution in [0.2, 0.25) is 0 Å². The Morgan fingerprint density at radius 2 is 2.29 bits per heavy atom. The van der Waals surface area contributed by atoms with Crippen molar-refractivity contribution in [3.05, 3.63) is 49.2 Å². The van der Waals surface area contributed by atoms with E-state index in [1.807, 2.05) is 0 Å². The van der Waals surface area contributed by atoms with Gasteiger partial charge in [0.25, 0.3) is 5.56 Å². The van der Waals surface area contributed by atoms with Crippen molar-refractivity contribution in [2.75, 3.05) is 13.1 Å². The first-order valence-electron chi connectivity index (χ1n) is 8.08. The highest BCUT2D eigenvalue weighted by Crippen LogP contribution is 2.29. The summed E-state index contributed by atoms with van der Waals surface area (Å²) < 4.78 is 1.23. The minimum atomic E-state index is -0.558. The molecule has 1 N–H and O–H groups in total. The molecule has 1 amide bonds. The fourth-order valence-corrected chi connectivity index (χ4v) is 3.92. The molecule has 0 aliphatic carbocycles. The number of aryl methyl sites for hydroxylation is 1. The number of aromatic amines is 1. The third kappa shape index (κ3) is 3.64. The van der Waals surface area contributed by atoms with Gasteiger partial charge in [-0.25, -0.2) is 9.78 Å². The van der Waals surface area contributed by atoms with Gasteiger partial charge in [0.15, 0.2) is 0 Å². The molecule has 1 atom stereocenters. The highest BCUT2D eigenvalue weighted by molar-refractivity contribution is 7.09. The molecule has 1 aliphatic rings. The fraction of sp³-hybridized carbons (Fsp3) is 0.500. The van der Waals surface area contributed by atoms with Gasteiger partial charge in [-0.05, 0) is 19.3 Å². The first-order chi connectivity index (χ1) is 11.6. The van der Waals surface area contributed by atoms with Crippen molar-refractivity contribution in [1.82, 2.24) is 19.4 Å². The maximum Gasteiger partial charge on any atom is 0.328 e. The normalized spacial score (nSPS) is 17.9. The number of amides is 1. The molecule has 0 saturated carbocycles. The summed E-state index contributed by atoms with van der Waals surface area (Å²) in [6.45, 7) is 3.35. The molecule has 1 fully saturated rings. The first kappa shape index (κ1) is 16.6. The van der Waals surface area contributed by atoms with Gasteiger partial charge >= 0.3 is 5.69 Å². The van der Waals surface area contributed by atoms with E-state index in [-0.39, 0.29) is 18.4 Å². The van der Waals surface area contributed by atoms with Gasteiger partial charge in [0.2, 0.25) is 5.91 Å². The van der Waals surface area contributed by atoms with Crippen LogP contribution in [-0.4, -0.2) is 38.4 Å². The second-order valence-electron chi connectivity index (χ2n) is 5.95. The van der Waals surface area contributed by atoms with Crippen LogP contribution >= 0.6 is 11.3 Å². The van der Waals surface area contributed by atoms with Crippen molar-refractivity contribution in [2.45, 2.75) is 38.6 Å². The number of nitrogens with one attached hydrogen (secondary N) is 1. The summed E-state index contributed by atoms with van der Waals surface area (Å²) in [4.78, 5) is 43.9. The van der Waals surface area contributed by atoms with Gasteiger partial charge < -0.3 is 4.90 Å². The number of nitrogens with zero attached hydrogens (tertiary/aromatic N) is 3. The summed E-state index contributed by atoms with van der Waals surface area (Å²) in [5, 5.41) is 3.17. The maximum atomic E-state index is 12.5. The summed E-state index contributed by atoms with van der Waals surface area (Å²) in [7, 11) is 0. The minimum absolute atomic E-state index is 0.0551. The van der Waals surface area contributed by atoms with E-state index in [1.54, 1.807) is 16.2 Å². The monoisotopic (exact) mass is 348 g/mol. The number of likely N-dealkylation sites (tertiary alicyclic amines) is 1. The molecule has 0 bridgehead atoms. The van der Waals surface area contributed by atoms with Gasteiger partial charge in [-0.3, -0.25) is 19.1 Å². The molecule has 128 valence electrons. The lowest BCUT2D eigenvalue weighted by Crippen LogP contribution is -2.42. The zero-order valence-corrected chi connectivity index (χ0v) is 14.3. The van der Waals surface area contributed by atoms with E-state index in [9.17, 15) is 14.4 Å². The van der Waals surface area contributed by atoms with Gasteiger partial charge in [0.05, 0.1) is 10.7 Å². The molecule has 0 radical (unpaired) electrons. The van der Waals surface area contributed by atoms with E-state index < -0.39 is 11.2 Å². The van der Waals surface area contributed by atoms with E-state index in [1.165, 1.54) is 16.8 Å². The number of carbonyl (C=O) groups excluding carboxylic acids is 1. The van der Waals surface area contributed by atoms with Gasteiger partial charge in [-0.1, -0.05) is 6.92 Å². The summed E-state index contributed by atoms with van der Waals surface area (Å²) in [5.74, 6) is 0.154. The highest BCUT2D eigenvalue weighted by atomic mass is 32.1. The van der Waals surface area contributed by atoms with Crippen LogP contribution in [0, 0.1) is 0 Å². The Bertz CT molecular complexity index is 838. The summed E-state index contributed by atoms with van der Waals surface area (Å²) in [5.41, 5.74) is 0.0763. The number of hydrogen-bond donors (Lipinski definition) is 1. The van der Waals surface area contributed by atoms with Crippen LogP contribution in [0.1, 0.15) is 36.4 Å². The SMILES string of the molecule is CCc1csc([C@@H]2CCCN(C(=O)Cn3ccc(=O)[nH]c3=O)C2)n1. The average Bonchev–Trinajstić information content (AvgIpc) is 3.06. The summed E-state index contributed by atoms with van der Waals surface area (Å²) >= 11 is 1.66. The molecule has 3 heterocycles. The Labute approximate surface area is 143 Å². The largest absolute Gasteiger partial charge is 0.340 e. The molecule has 1 aliphatic heterocycles. The zero-order valence-electron chi connectivity index (χ0n) is 13.5. The van der Waals surface area contributed by atoms with Crippen molar-refractivity contribution in [1.29, 1.82) is 0 Å². The Morgan fingerprint density at radius 1 is 1.46 bits per heavy atom. The molecule has 0 unspecified atom stereocenters. The number of H-pyrrole nitrogens is 1. The van der Waals surface area contributed by atoms with Gasteiger partial charge in [0, 0.05) is 36.7 Å². The Hall–Kier alpha value is -2.22. The smallest absolute Gasteiger partial charge is 0.328 e. The van der Waals surface area contributed by atoms with Gasteiger partial charge in [-0.15, -0.1) is 11.3 Å². The third-order valence-electron chi connectivity index (χ3n) is 4.26. The molecule has 1 saturated heterocycles. The molecule has 24 heavy (non-hydrogen) atoms. The molecule has 2 aromatic rings. The molecule has 0 aromatic carbocycles. The number of carbonyl (C=O) groups is 1. The van der Waals surface area contributed by atoms with Crippen LogP contribution in [-0.2, 0) is 17.8 Å². The van der Waals surface area contributed by atoms with Gasteiger partial charge in [-0.2, -0.15) is 0 Å². The lowest BCUT2D eigenvalue weighted by Gasteiger charge is -2.32. The molecule has 7 nitrogen and oxygen atoms in total. The standard InChI is InChI=1S/C16H20N4O3S/c1-2-12-10-24-15(17-12)11-4-3-6-19(8-11)14(22)9-20-7-5-13(21)18-16(20)23/h5,7,10-11H,2-4,6,8-9H2,1H3,(H,18,21,23)/t11-/m1/s1. The Kier molecular flexibility index (Phi) is 4.94. The second-order valence-corrected chi connectivity index (χ2v) is 6.84. The molecule has 2 aromatic heterocycles. The maximum absolute atomic E-state index is 12.5. The third-order valence-corrected chi connectivity index (χ3v) is 5.31. The fourth-order valence-electron chi connectivity index (χ4n) is 2.89. The van der Waals surface area contributed by atoms with Gasteiger partial charge in [0.1, 0.15) is 6.54 Å². The summed E-state index contributed by atoms with van der Waals surface area (Å²) in [6.07, 6.45) is 4.23. The number of piperidine rings is 1. The highest BCUT2D eigenvalue weighted by Gasteiger charge is 2.26. The van der Waals surface area contributed by atoms with Crippen LogP contribution in [0.15, 0.2) is 27.2 Å². The van der Waals surface area contributed by atoms with Crippen LogP contribution in [0.4, 0.5) is 0 Å². The first-order valence-corrected chi connectivity index (χ1v) is 8.96. The Morgan fingerprint density at radius 3 is 3.00 bits per heavy atom. The van der Waals surface area contributed by atoms with E-state index in [4.69, 9.17) is 0 Å². The van der Waals surface area contributed by atoms with Crippen molar-refractivity contribution >= 4 is 17.2 Å².